The van der Waals surface area contributed by atoms with E-state index >= 15 is 0 Å². The first kappa shape index (κ1) is 16.9. The highest BCUT2D eigenvalue weighted by Crippen LogP contribution is 2.46. The summed E-state index contributed by atoms with van der Waals surface area (Å²) in [7, 11) is 1.61. The number of hydrogen-bond donors (Lipinski definition) is 1. The van der Waals surface area contributed by atoms with Crippen LogP contribution in [0.2, 0.25) is 0 Å². The SMILES string of the molecule is COc1ccc(C(=O)NCC2(c3ccccn3)CC2)c(OCC2CC2)c1. The lowest BCUT2D eigenvalue weighted by molar-refractivity contribution is 0.0945. The molecule has 1 aromatic carbocycles. The van der Waals surface area contributed by atoms with Crippen molar-refractivity contribution in [1.82, 2.24) is 10.3 Å². The van der Waals surface area contributed by atoms with E-state index in [0.717, 1.165) is 18.5 Å². The number of nitrogens with zero attached hydrogens (tertiary/aromatic N) is 1. The molecular weight excluding hydrogens is 328 g/mol. The monoisotopic (exact) mass is 352 g/mol. The number of methoxy groups -OCH3 is 1. The Kier molecular flexibility index (Phi) is 4.53. The number of pyridine rings is 1. The summed E-state index contributed by atoms with van der Waals surface area (Å²) in [5.41, 5.74) is 1.60. The van der Waals surface area contributed by atoms with Crippen LogP contribution in [0.4, 0.5) is 0 Å². The third-order valence-electron chi connectivity index (χ3n) is 5.25. The third kappa shape index (κ3) is 3.66. The van der Waals surface area contributed by atoms with Crippen molar-refractivity contribution in [2.24, 2.45) is 5.92 Å². The molecule has 1 N–H and O–H groups in total. The van der Waals surface area contributed by atoms with Crippen molar-refractivity contribution in [2.45, 2.75) is 31.1 Å². The number of rotatable bonds is 8. The van der Waals surface area contributed by atoms with Crippen molar-refractivity contribution in [3.63, 3.8) is 0 Å². The van der Waals surface area contributed by atoms with Crippen LogP contribution in [0.5, 0.6) is 11.5 Å². The van der Waals surface area contributed by atoms with E-state index in [4.69, 9.17) is 9.47 Å². The number of aromatic nitrogens is 1. The Morgan fingerprint density at radius 3 is 2.77 bits per heavy atom. The lowest BCUT2D eigenvalue weighted by Gasteiger charge is -2.17. The van der Waals surface area contributed by atoms with Crippen molar-refractivity contribution in [3.05, 3.63) is 53.9 Å². The predicted molar refractivity (Wildman–Crippen MR) is 98.7 cm³/mol. The molecular formula is C21H24N2O3. The molecule has 0 radical (unpaired) electrons. The Labute approximate surface area is 153 Å². The molecule has 1 aromatic heterocycles. The summed E-state index contributed by atoms with van der Waals surface area (Å²) in [5.74, 6) is 1.80. The molecule has 2 saturated carbocycles. The normalized spacial score (nSPS) is 17.4. The molecule has 136 valence electrons. The molecule has 0 unspecified atom stereocenters. The van der Waals surface area contributed by atoms with Crippen LogP contribution in [-0.2, 0) is 5.41 Å². The molecule has 4 rings (SSSR count). The molecule has 0 atom stereocenters. The number of hydrogen-bond acceptors (Lipinski definition) is 4. The highest BCUT2D eigenvalue weighted by molar-refractivity contribution is 5.97. The third-order valence-corrected chi connectivity index (χ3v) is 5.25. The minimum atomic E-state index is -0.111. The molecule has 5 nitrogen and oxygen atoms in total. The maximum atomic E-state index is 12.8. The van der Waals surface area contributed by atoms with Gasteiger partial charge in [-0.05, 0) is 55.9 Å². The van der Waals surface area contributed by atoms with Gasteiger partial charge in [-0.25, -0.2) is 0 Å². The van der Waals surface area contributed by atoms with E-state index in [0.29, 0.717) is 36.1 Å². The number of carbonyl (C=O) groups excluding carboxylic acids is 1. The van der Waals surface area contributed by atoms with Crippen molar-refractivity contribution in [3.8, 4) is 11.5 Å². The molecule has 1 amide bonds. The Balaban J connectivity index is 1.45. The number of amides is 1. The predicted octanol–water partition coefficient (Wildman–Crippen LogP) is 3.34. The zero-order valence-corrected chi connectivity index (χ0v) is 15.0. The molecule has 0 spiro atoms. The number of benzene rings is 1. The Morgan fingerprint density at radius 2 is 2.12 bits per heavy atom. The van der Waals surface area contributed by atoms with Gasteiger partial charge in [0, 0.05) is 29.9 Å². The molecule has 0 saturated heterocycles. The van der Waals surface area contributed by atoms with Crippen LogP contribution in [0.3, 0.4) is 0 Å². The number of ether oxygens (including phenoxy) is 2. The molecule has 0 bridgehead atoms. The van der Waals surface area contributed by atoms with Crippen LogP contribution in [0.15, 0.2) is 42.6 Å². The first-order valence-electron chi connectivity index (χ1n) is 9.21. The van der Waals surface area contributed by atoms with Crippen LogP contribution < -0.4 is 14.8 Å². The number of carbonyl (C=O) groups is 1. The van der Waals surface area contributed by atoms with Gasteiger partial charge in [0.05, 0.1) is 19.3 Å². The van der Waals surface area contributed by atoms with E-state index in [1.165, 1.54) is 12.8 Å². The van der Waals surface area contributed by atoms with Crippen LogP contribution in [0, 0.1) is 5.92 Å². The fourth-order valence-corrected chi connectivity index (χ4v) is 3.12. The zero-order valence-electron chi connectivity index (χ0n) is 15.0. The van der Waals surface area contributed by atoms with Crippen molar-refractivity contribution in [2.75, 3.05) is 20.3 Å². The molecule has 5 heteroatoms. The first-order chi connectivity index (χ1) is 12.7. The molecule has 1 heterocycles. The lowest BCUT2D eigenvalue weighted by atomic mass is 10.0. The van der Waals surface area contributed by atoms with Gasteiger partial charge >= 0.3 is 0 Å². The second-order valence-corrected chi connectivity index (χ2v) is 7.29. The average Bonchev–Trinajstić information content (AvgIpc) is 3.60. The van der Waals surface area contributed by atoms with Gasteiger partial charge in [0.15, 0.2) is 0 Å². The van der Waals surface area contributed by atoms with Gasteiger partial charge in [-0.1, -0.05) is 6.07 Å². The van der Waals surface area contributed by atoms with Gasteiger partial charge in [0.1, 0.15) is 11.5 Å². The minimum Gasteiger partial charge on any atom is -0.497 e. The fraction of sp³-hybridized carbons (Fsp3) is 0.429. The van der Waals surface area contributed by atoms with Crippen molar-refractivity contribution >= 4 is 5.91 Å². The minimum absolute atomic E-state index is 0.0155. The largest absolute Gasteiger partial charge is 0.497 e. The summed E-state index contributed by atoms with van der Waals surface area (Å²) >= 11 is 0. The molecule has 2 aliphatic carbocycles. The maximum Gasteiger partial charge on any atom is 0.255 e. The summed E-state index contributed by atoms with van der Waals surface area (Å²) in [5, 5.41) is 3.08. The average molecular weight is 352 g/mol. The van der Waals surface area contributed by atoms with E-state index in [1.807, 2.05) is 24.4 Å². The Bertz CT molecular complexity index is 783. The summed E-state index contributed by atoms with van der Waals surface area (Å²) in [6.07, 6.45) is 6.33. The topological polar surface area (TPSA) is 60.5 Å². The Morgan fingerprint density at radius 1 is 1.27 bits per heavy atom. The van der Waals surface area contributed by atoms with E-state index in [-0.39, 0.29) is 11.3 Å². The van der Waals surface area contributed by atoms with Gasteiger partial charge in [0.25, 0.3) is 5.91 Å². The van der Waals surface area contributed by atoms with Crippen LogP contribution >= 0.6 is 0 Å². The van der Waals surface area contributed by atoms with Crippen LogP contribution in [0.1, 0.15) is 41.7 Å². The van der Waals surface area contributed by atoms with Gasteiger partial charge < -0.3 is 14.8 Å². The van der Waals surface area contributed by atoms with E-state index in [2.05, 4.69) is 10.3 Å². The van der Waals surface area contributed by atoms with E-state index in [1.54, 1.807) is 25.3 Å². The van der Waals surface area contributed by atoms with E-state index < -0.39 is 0 Å². The molecule has 2 fully saturated rings. The standard InChI is InChI=1S/C21H24N2O3/c1-25-16-7-8-17(18(12-16)26-13-15-5-6-15)20(24)23-14-21(9-10-21)19-4-2-3-11-22-19/h2-4,7-8,11-12,15H,5-6,9-10,13-14H2,1H3,(H,23,24). The maximum absolute atomic E-state index is 12.8. The van der Waals surface area contributed by atoms with Gasteiger partial charge in [-0.3, -0.25) is 9.78 Å². The lowest BCUT2D eigenvalue weighted by Crippen LogP contribution is -2.33. The Hall–Kier alpha value is -2.56. The molecule has 2 aromatic rings. The molecule has 26 heavy (non-hydrogen) atoms. The summed E-state index contributed by atoms with van der Waals surface area (Å²) in [6, 6.07) is 11.3. The van der Waals surface area contributed by atoms with Crippen LogP contribution in [-0.4, -0.2) is 31.2 Å². The number of nitrogens with one attached hydrogen (secondary N) is 1. The summed E-state index contributed by atoms with van der Waals surface area (Å²) < 4.78 is 11.2. The molecule has 0 aliphatic heterocycles. The first-order valence-corrected chi connectivity index (χ1v) is 9.21. The van der Waals surface area contributed by atoms with Crippen LogP contribution in [0.25, 0.3) is 0 Å². The van der Waals surface area contributed by atoms with Crippen molar-refractivity contribution < 1.29 is 14.3 Å². The smallest absolute Gasteiger partial charge is 0.255 e. The summed E-state index contributed by atoms with van der Waals surface area (Å²) in [6.45, 7) is 1.25. The quantitative estimate of drug-likeness (QED) is 0.791. The zero-order chi connectivity index (χ0) is 18.0. The second kappa shape index (κ2) is 6.98. The molecule has 2 aliphatic rings. The second-order valence-electron chi connectivity index (χ2n) is 7.29. The van der Waals surface area contributed by atoms with Gasteiger partial charge in [-0.15, -0.1) is 0 Å². The van der Waals surface area contributed by atoms with Crippen molar-refractivity contribution in [1.29, 1.82) is 0 Å². The van der Waals surface area contributed by atoms with E-state index in [9.17, 15) is 4.79 Å². The highest BCUT2D eigenvalue weighted by Gasteiger charge is 2.45. The van der Waals surface area contributed by atoms with Gasteiger partial charge in [-0.2, -0.15) is 0 Å². The highest BCUT2D eigenvalue weighted by atomic mass is 16.5. The van der Waals surface area contributed by atoms with Gasteiger partial charge in [0.2, 0.25) is 0 Å². The fourth-order valence-electron chi connectivity index (χ4n) is 3.12. The summed E-state index contributed by atoms with van der Waals surface area (Å²) in [4.78, 5) is 17.2.